The van der Waals surface area contributed by atoms with Crippen molar-refractivity contribution in [2.75, 3.05) is 0 Å². The zero-order chi connectivity index (χ0) is 21.9. The van der Waals surface area contributed by atoms with E-state index in [0.29, 0.717) is 28.9 Å². The minimum absolute atomic E-state index is 0.288. The van der Waals surface area contributed by atoms with Gasteiger partial charge in [-0.3, -0.25) is 0 Å². The smallest absolute Gasteiger partial charge is 0.336 e. The zero-order valence-corrected chi connectivity index (χ0v) is 17.4. The second-order valence-corrected chi connectivity index (χ2v) is 9.00. The van der Waals surface area contributed by atoms with Crippen molar-refractivity contribution in [1.29, 1.82) is 0 Å². The second kappa shape index (κ2) is 7.10. The van der Waals surface area contributed by atoms with Gasteiger partial charge < -0.3 is 9.52 Å². The number of fused-ring (bicyclic) bond motifs is 1. The van der Waals surface area contributed by atoms with Crippen molar-refractivity contribution in [3.05, 3.63) is 82.2 Å². The van der Waals surface area contributed by atoms with Crippen LogP contribution < -0.4 is 5.63 Å². The predicted molar refractivity (Wildman–Crippen MR) is 116 cm³/mol. The SMILES string of the molecule is O=c1cc(-c2cccc(F)c2)c2ccc(Cn3cc(C(O)(C4CC4)C4CC4)nn3)cc2o1. The fourth-order valence-electron chi connectivity index (χ4n) is 4.75. The van der Waals surface area contributed by atoms with Crippen LogP contribution in [0.1, 0.15) is 36.9 Å². The largest absolute Gasteiger partial charge is 0.423 e. The van der Waals surface area contributed by atoms with Crippen LogP contribution in [0.3, 0.4) is 0 Å². The summed E-state index contributed by atoms with van der Waals surface area (Å²) >= 11 is 0. The van der Waals surface area contributed by atoms with Gasteiger partial charge in [0.15, 0.2) is 0 Å². The molecule has 0 atom stereocenters. The lowest BCUT2D eigenvalue weighted by Gasteiger charge is -2.25. The van der Waals surface area contributed by atoms with Crippen LogP contribution in [0.2, 0.25) is 0 Å². The molecule has 1 N–H and O–H groups in total. The summed E-state index contributed by atoms with van der Waals surface area (Å²) in [4.78, 5) is 12.2. The Morgan fingerprint density at radius 2 is 1.88 bits per heavy atom. The van der Waals surface area contributed by atoms with Crippen LogP contribution in [0.5, 0.6) is 0 Å². The van der Waals surface area contributed by atoms with Crippen LogP contribution in [0.15, 0.2) is 63.9 Å². The summed E-state index contributed by atoms with van der Waals surface area (Å²) in [5.41, 5.74) is 1.88. The lowest BCUT2D eigenvalue weighted by molar-refractivity contribution is -0.0144. The maximum atomic E-state index is 13.7. The van der Waals surface area contributed by atoms with E-state index in [1.54, 1.807) is 22.9 Å². The van der Waals surface area contributed by atoms with Crippen molar-refractivity contribution in [2.24, 2.45) is 11.8 Å². The monoisotopic (exact) mass is 431 g/mol. The summed E-state index contributed by atoms with van der Waals surface area (Å²) in [6, 6.07) is 13.1. The molecule has 2 aromatic carbocycles. The van der Waals surface area contributed by atoms with Gasteiger partial charge in [0.05, 0.1) is 12.7 Å². The number of hydrogen-bond acceptors (Lipinski definition) is 5. The van der Waals surface area contributed by atoms with Crippen molar-refractivity contribution < 1.29 is 13.9 Å². The Hall–Kier alpha value is -3.32. The molecule has 0 radical (unpaired) electrons. The van der Waals surface area contributed by atoms with Gasteiger partial charge in [-0.2, -0.15) is 0 Å². The first-order valence-corrected chi connectivity index (χ1v) is 11.0. The molecular formula is C25H22FN3O3. The second-order valence-electron chi connectivity index (χ2n) is 9.00. The van der Waals surface area contributed by atoms with E-state index in [1.807, 2.05) is 18.3 Å². The van der Waals surface area contributed by atoms with Gasteiger partial charge >= 0.3 is 5.63 Å². The summed E-state index contributed by atoms with van der Waals surface area (Å²) < 4.78 is 20.9. The Morgan fingerprint density at radius 3 is 2.59 bits per heavy atom. The summed E-state index contributed by atoms with van der Waals surface area (Å²) in [7, 11) is 0. The molecule has 6 nitrogen and oxygen atoms in total. The fourth-order valence-corrected chi connectivity index (χ4v) is 4.75. The van der Waals surface area contributed by atoms with E-state index in [2.05, 4.69) is 10.3 Å². The molecule has 0 amide bonds. The average molecular weight is 431 g/mol. The van der Waals surface area contributed by atoms with Gasteiger partial charge in [0.2, 0.25) is 0 Å². The Bertz CT molecular complexity index is 1370. The molecule has 0 bridgehead atoms. The normalized spacial score (nSPS) is 16.6. The van der Waals surface area contributed by atoms with E-state index in [0.717, 1.165) is 36.6 Å². The highest BCUT2D eigenvalue weighted by Gasteiger charge is 2.55. The van der Waals surface area contributed by atoms with E-state index in [4.69, 9.17) is 4.42 Å². The van der Waals surface area contributed by atoms with Gasteiger partial charge in [-0.1, -0.05) is 29.5 Å². The first-order chi connectivity index (χ1) is 15.5. The highest BCUT2D eigenvalue weighted by molar-refractivity contribution is 5.93. The summed E-state index contributed by atoms with van der Waals surface area (Å²) in [6.45, 7) is 0.433. The van der Waals surface area contributed by atoms with E-state index in [1.165, 1.54) is 18.2 Å². The molecule has 0 saturated heterocycles. The van der Waals surface area contributed by atoms with Crippen LogP contribution in [0.4, 0.5) is 4.39 Å². The first-order valence-electron chi connectivity index (χ1n) is 11.0. The molecule has 2 heterocycles. The molecular weight excluding hydrogens is 409 g/mol. The Kier molecular flexibility index (Phi) is 4.30. The highest BCUT2D eigenvalue weighted by atomic mass is 19.1. The van der Waals surface area contributed by atoms with Crippen LogP contribution in [0.25, 0.3) is 22.1 Å². The highest BCUT2D eigenvalue weighted by Crippen LogP contribution is 2.56. The molecule has 2 fully saturated rings. The predicted octanol–water partition coefficient (Wildman–Crippen LogP) is 4.25. The topological polar surface area (TPSA) is 81.2 Å². The average Bonchev–Trinajstić information content (AvgIpc) is 3.70. The molecule has 2 aromatic heterocycles. The molecule has 162 valence electrons. The van der Waals surface area contributed by atoms with E-state index >= 15 is 0 Å². The molecule has 7 heteroatoms. The molecule has 32 heavy (non-hydrogen) atoms. The van der Waals surface area contributed by atoms with Gasteiger partial charge in [-0.25, -0.2) is 13.9 Å². The molecule has 2 aliphatic carbocycles. The van der Waals surface area contributed by atoms with Crippen molar-refractivity contribution >= 4 is 11.0 Å². The first kappa shape index (κ1) is 19.4. The Labute approximate surface area is 183 Å². The Morgan fingerprint density at radius 1 is 1.09 bits per heavy atom. The van der Waals surface area contributed by atoms with Gasteiger partial charge in [-0.15, -0.1) is 5.10 Å². The Balaban J connectivity index is 1.33. The number of benzene rings is 2. The molecule has 6 rings (SSSR count). The van der Waals surface area contributed by atoms with Gasteiger partial charge in [0.25, 0.3) is 0 Å². The quantitative estimate of drug-likeness (QED) is 0.462. The fraction of sp³-hybridized carbons (Fsp3) is 0.320. The zero-order valence-electron chi connectivity index (χ0n) is 17.4. The van der Waals surface area contributed by atoms with Gasteiger partial charge in [0.1, 0.15) is 22.7 Å². The molecule has 2 aliphatic rings. The lowest BCUT2D eigenvalue weighted by atomic mass is 9.89. The molecule has 0 aliphatic heterocycles. The van der Waals surface area contributed by atoms with E-state index in [-0.39, 0.29) is 17.7 Å². The standard InChI is InChI=1S/C25H22FN3O3/c26-19-3-1-2-16(11-19)21-12-24(30)32-22-10-15(4-9-20(21)22)13-29-14-23(27-28-29)25(31,17-5-6-17)18-7-8-18/h1-4,9-12,14,17-18,31H,5-8,13H2. The number of rotatable bonds is 6. The molecule has 2 saturated carbocycles. The van der Waals surface area contributed by atoms with Crippen molar-refractivity contribution in [3.8, 4) is 11.1 Å². The van der Waals surface area contributed by atoms with Crippen molar-refractivity contribution in [1.82, 2.24) is 15.0 Å². The maximum absolute atomic E-state index is 13.7. The third-order valence-electron chi connectivity index (χ3n) is 6.64. The van der Waals surface area contributed by atoms with Gasteiger partial charge in [0, 0.05) is 11.5 Å². The summed E-state index contributed by atoms with van der Waals surface area (Å²) in [6.07, 6.45) is 5.99. The van der Waals surface area contributed by atoms with E-state index in [9.17, 15) is 14.3 Å². The number of aromatic nitrogens is 3. The third kappa shape index (κ3) is 3.33. The van der Waals surface area contributed by atoms with Gasteiger partial charge in [-0.05, 0) is 72.4 Å². The summed E-state index contributed by atoms with van der Waals surface area (Å²) in [5, 5.41) is 20.6. The maximum Gasteiger partial charge on any atom is 0.336 e. The number of aliphatic hydroxyl groups is 1. The van der Waals surface area contributed by atoms with Crippen LogP contribution in [0, 0.1) is 17.7 Å². The molecule has 4 aromatic rings. The van der Waals surface area contributed by atoms with E-state index < -0.39 is 11.2 Å². The molecule has 0 unspecified atom stereocenters. The van der Waals surface area contributed by atoms with Crippen LogP contribution >= 0.6 is 0 Å². The number of hydrogen-bond donors (Lipinski definition) is 1. The number of nitrogens with zero attached hydrogens (tertiary/aromatic N) is 3. The van der Waals surface area contributed by atoms with Crippen LogP contribution in [-0.2, 0) is 12.1 Å². The minimum Gasteiger partial charge on any atom is -0.423 e. The van der Waals surface area contributed by atoms with Crippen LogP contribution in [-0.4, -0.2) is 20.1 Å². The summed E-state index contributed by atoms with van der Waals surface area (Å²) in [5.74, 6) is 0.215. The van der Waals surface area contributed by atoms with Crippen molar-refractivity contribution in [2.45, 2.75) is 37.8 Å². The third-order valence-corrected chi connectivity index (χ3v) is 6.64. The van der Waals surface area contributed by atoms with Crippen molar-refractivity contribution in [3.63, 3.8) is 0 Å². The number of halogens is 1. The molecule has 0 spiro atoms. The minimum atomic E-state index is -0.853. The lowest BCUT2D eigenvalue weighted by Crippen LogP contribution is -2.31.